The molecule has 0 aliphatic carbocycles. The number of nitrogens with one attached hydrogen (secondary N) is 8. The maximum Gasteiger partial charge on any atom is 0.305 e. The summed E-state index contributed by atoms with van der Waals surface area (Å²) < 4.78 is 0. The van der Waals surface area contributed by atoms with Gasteiger partial charge in [-0.3, -0.25) is 52.7 Å². The molecule has 2 rings (SSSR count). The van der Waals surface area contributed by atoms with Gasteiger partial charge >= 0.3 is 11.9 Å². The van der Waals surface area contributed by atoms with Crippen LogP contribution in [0.1, 0.15) is 65.4 Å². The highest BCUT2D eigenvalue weighted by Crippen LogP contribution is 2.24. The van der Waals surface area contributed by atoms with Gasteiger partial charge in [0.15, 0.2) is 0 Å². The molecule has 27 heteroatoms. The van der Waals surface area contributed by atoms with Crippen molar-refractivity contribution < 1.29 is 72.9 Å². The second kappa shape index (κ2) is 28.6. The van der Waals surface area contributed by atoms with Gasteiger partial charge in [0.2, 0.25) is 53.2 Å². The van der Waals surface area contributed by atoms with E-state index >= 15 is 0 Å². The van der Waals surface area contributed by atoms with Crippen LogP contribution in [0.3, 0.4) is 0 Å². The molecule has 0 aromatic heterocycles. The molecule has 1 fully saturated rings. The zero-order valence-corrected chi connectivity index (χ0v) is 39.4. The van der Waals surface area contributed by atoms with Crippen molar-refractivity contribution >= 4 is 93.0 Å². The number of aromatic hydroxyl groups is 1. The second-order valence-corrected chi connectivity index (χ2v) is 19.1. The Labute approximate surface area is 398 Å². The first kappa shape index (κ1) is 57.6. The molecule has 0 bridgehead atoms. The van der Waals surface area contributed by atoms with Crippen LogP contribution in [-0.4, -0.2) is 153 Å². The van der Waals surface area contributed by atoms with E-state index in [-0.39, 0.29) is 54.6 Å². The van der Waals surface area contributed by atoms with Crippen LogP contribution in [0, 0.1) is 11.8 Å². The van der Waals surface area contributed by atoms with Crippen molar-refractivity contribution in [2.45, 2.75) is 115 Å². The van der Waals surface area contributed by atoms with Gasteiger partial charge in [-0.05, 0) is 42.4 Å². The Hall–Kier alpha value is -6.48. The minimum absolute atomic E-state index is 0.00358. The summed E-state index contributed by atoms with van der Waals surface area (Å²) in [4.78, 5) is 156. The maximum absolute atomic E-state index is 14.1. The lowest BCUT2D eigenvalue weighted by Gasteiger charge is -2.26. The summed E-state index contributed by atoms with van der Waals surface area (Å²) in [7, 11) is 1.68. The molecule has 0 saturated carbocycles. The molecule has 0 spiro atoms. The number of phenolic OH excluding ortho intramolecular Hbond substituents is 1. The van der Waals surface area contributed by atoms with E-state index in [0.717, 1.165) is 21.6 Å². The molecule has 68 heavy (non-hydrogen) atoms. The van der Waals surface area contributed by atoms with Crippen LogP contribution in [0.4, 0.5) is 0 Å². The maximum atomic E-state index is 14.1. The summed E-state index contributed by atoms with van der Waals surface area (Å²) in [5.41, 5.74) is 11.4. The highest BCUT2D eigenvalue weighted by atomic mass is 33.1. The summed E-state index contributed by atoms with van der Waals surface area (Å²) in [5.74, 6) is -13.4. The normalized spacial score (nSPS) is 22.7. The lowest BCUT2D eigenvalue weighted by molar-refractivity contribution is -0.141. The minimum atomic E-state index is -1.79. The highest BCUT2D eigenvalue weighted by Gasteiger charge is 2.35. The number of rotatable bonds is 17. The number of nitrogens with two attached hydrogens (primary N) is 2. The van der Waals surface area contributed by atoms with E-state index in [1.807, 2.05) is 0 Å². The Morgan fingerprint density at radius 1 is 0.735 bits per heavy atom. The zero-order valence-electron chi connectivity index (χ0n) is 37.7. The molecular formula is C41H60N10O15S2. The van der Waals surface area contributed by atoms with Gasteiger partial charge in [-0.2, -0.15) is 0 Å². The summed E-state index contributed by atoms with van der Waals surface area (Å²) in [6.07, 6.45) is -2.54. The topological polar surface area (TPSA) is 414 Å². The number of aldehydes is 1. The van der Waals surface area contributed by atoms with Crippen LogP contribution in [0.2, 0.25) is 0 Å². The summed E-state index contributed by atoms with van der Waals surface area (Å²) >= 11 is 0. The van der Waals surface area contributed by atoms with E-state index in [1.165, 1.54) is 24.3 Å². The van der Waals surface area contributed by atoms with Crippen molar-refractivity contribution in [3.63, 3.8) is 0 Å². The van der Waals surface area contributed by atoms with Crippen LogP contribution in [0.5, 0.6) is 5.75 Å². The van der Waals surface area contributed by atoms with Gasteiger partial charge in [-0.15, -0.1) is 0 Å². The van der Waals surface area contributed by atoms with Gasteiger partial charge < -0.3 is 74.1 Å². The van der Waals surface area contributed by atoms with E-state index in [1.54, 1.807) is 27.7 Å². The van der Waals surface area contributed by atoms with Crippen LogP contribution in [-0.2, 0) is 64.0 Å². The number of aliphatic carboxylic acids is 2. The third kappa shape index (κ3) is 21.4. The number of carboxylic acids is 2. The first-order valence-electron chi connectivity index (χ1n) is 21.2. The molecule has 0 unspecified atom stereocenters. The van der Waals surface area contributed by atoms with Crippen molar-refractivity contribution in [1.29, 1.82) is 0 Å². The number of carbonyl (C=O) groups is 12. The first-order chi connectivity index (χ1) is 31.9. The zero-order chi connectivity index (χ0) is 51.2. The monoisotopic (exact) mass is 996 g/mol. The van der Waals surface area contributed by atoms with Crippen molar-refractivity contribution in [2.75, 3.05) is 18.1 Å². The number of carbonyl (C=O) groups excluding carboxylic acids is 10. The van der Waals surface area contributed by atoms with Crippen LogP contribution < -0.4 is 54.0 Å². The van der Waals surface area contributed by atoms with Crippen LogP contribution in [0.15, 0.2) is 24.3 Å². The van der Waals surface area contributed by atoms with E-state index < -0.39 is 139 Å². The molecule has 1 aromatic carbocycles. The van der Waals surface area contributed by atoms with Crippen LogP contribution in [0.25, 0.3) is 0 Å². The summed E-state index contributed by atoms with van der Waals surface area (Å²) in [6.45, 7) is 5.99. The third-order valence-corrected chi connectivity index (χ3v) is 12.0. The lowest BCUT2D eigenvalue weighted by atomic mass is 10.0. The third-order valence-electron chi connectivity index (χ3n) is 9.61. The summed E-state index contributed by atoms with van der Waals surface area (Å²) in [5, 5.41) is 48.0. The number of benzene rings is 1. The number of phenols is 1. The standard InChI is InChI=1S/C41H60N10O15S2/c1-19(2)9-25-36(61)44-15-32(55)46-28(14-34(58)59)39(64)48-26(10-20(3)4)37(62)51-29(40(65)45-22(16-52)12-31(43)54)17-67-68-18-30(50-35(60)24(42)13-33(56)57)41(66)49-27(38(63)47-25)11-21-5-7-23(53)8-6-21/h5-8,16,19-20,22,24-30,53H,9-15,17-18,42H2,1-4H3,(H2,43,54)(H,44,61)(H,45,65)(H,46,55)(H,47,63)(H,48,64)(H,49,66)(H,50,60)(H,51,62)(H,56,57)(H,58,59)/t22-,24-,25-,26-,27-,28-,29-,30-/m0/s1. The average molecular weight is 997 g/mol. The van der Waals surface area contributed by atoms with Gasteiger partial charge in [0, 0.05) is 17.9 Å². The fourth-order valence-electron chi connectivity index (χ4n) is 6.28. The number of amides is 9. The average Bonchev–Trinajstić information content (AvgIpc) is 3.24. The van der Waals surface area contributed by atoms with E-state index in [0.29, 0.717) is 5.56 Å². The molecule has 1 aliphatic rings. The molecule has 9 amide bonds. The molecule has 15 N–H and O–H groups in total. The Bertz CT molecular complexity index is 2010. The van der Waals surface area contributed by atoms with Gasteiger partial charge in [0.05, 0.1) is 37.9 Å². The molecule has 1 heterocycles. The van der Waals surface area contributed by atoms with E-state index in [9.17, 15) is 72.9 Å². The summed E-state index contributed by atoms with van der Waals surface area (Å²) in [6, 6.07) is -6.80. The molecular weight excluding hydrogens is 937 g/mol. The Morgan fingerprint density at radius 3 is 1.82 bits per heavy atom. The number of primary amides is 1. The SMILES string of the molecule is CC(C)C[C@@H]1NC(=O)[C@H](Cc2ccc(O)cc2)NC(=O)[C@@H](NC(=O)[C@@H](N)CC(=O)O)CSSC[C@@H](C(=O)N[C@H](C=O)CC(N)=O)NC(=O)[C@H](CC(C)C)NC(=O)[C@H](CC(=O)O)NC(=O)CNC1=O. The van der Waals surface area contributed by atoms with Crippen molar-refractivity contribution in [2.24, 2.45) is 23.3 Å². The number of hydrogen-bond donors (Lipinski definition) is 13. The predicted octanol–water partition coefficient (Wildman–Crippen LogP) is -3.72. The lowest BCUT2D eigenvalue weighted by Crippen LogP contribution is -2.59. The molecule has 1 aliphatic heterocycles. The fraction of sp³-hybridized carbons (Fsp3) is 0.561. The smallest absolute Gasteiger partial charge is 0.305 e. The van der Waals surface area contributed by atoms with Crippen LogP contribution >= 0.6 is 21.6 Å². The fourth-order valence-corrected chi connectivity index (χ4v) is 8.61. The Kier molecular flexibility index (Phi) is 24.3. The van der Waals surface area contributed by atoms with Gasteiger partial charge in [0.25, 0.3) is 0 Å². The molecule has 1 saturated heterocycles. The number of carboxylic acid groups (broad SMARTS) is 2. The van der Waals surface area contributed by atoms with Gasteiger partial charge in [0.1, 0.15) is 48.3 Å². The number of hydrogen-bond acceptors (Lipinski definition) is 16. The quantitative estimate of drug-likeness (QED) is 0.0527. The van der Waals surface area contributed by atoms with Gasteiger partial charge in [-0.1, -0.05) is 61.4 Å². The molecule has 376 valence electrons. The van der Waals surface area contributed by atoms with E-state index in [4.69, 9.17) is 11.5 Å². The van der Waals surface area contributed by atoms with Gasteiger partial charge in [-0.25, -0.2) is 0 Å². The molecule has 0 radical (unpaired) electrons. The van der Waals surface area contributed by atoms with E-state index in [2.05, 4.69) is 42.5 Å². The molecule has 8 atom stereocenters. The predicted molar refractivity (Wildman–Crippen MR) is 245 cm³/mol. The minimum Gasteiger partial charge on any atom is -0.508 e. The molecule has 25 nitrogen and oxygen atoms in total. The molecule has 1 aromatic rings. The highest BCUT2D eigenvalue weighted by molar-refractivity contribution is 8.76. The Morgan fingerprint density at radius 2 is 1.28 bits per heavy atom. The first-order valence-corrected chi connectivity index (χ1v) is 23.7. The van der Waals surface area contributed by atoms with Crippen molar-refractivity contribution in [3.05, 3.63) is 29.8 Å². The second-order valence-electron chi connectivity index (χ2n) is 16.6. The van der Waals surface area contributed by atoms with Crippen molar-refractivity contribution in [1.82, 2.24) is 42.5 Å². The van der Waals surface area contributed by atoms with Crippen molar-refractivity contribution in [3.8, 4) is 5.75 Å². The Balaban J connectivity index is 2.74. The largest absolute Gasteiger partial charge is 0.508 e.